The van der Waals surface area contributed by atoms with Crippen LogP contribution in [0.1, 0.15) is 29.5 Å². The maximum Gasteiger partial charge on any atom is 0.115 e. The molecule has 0 aromatic heterocycles. The molecule has 0 bridgehead atoms. The molecule has 4 nitrogen and oxygen atoms in total. The van der Waals surface area contributed by atoms with Crippen LogP contribution in [0.2, 0.25) is 0 Å². The number of piperazine rings is 1. The van der Waals surface area contributed by atoms with Gasteiger partial charge in [0.2, 0.25) is 0 Å². The largest absolute Gasteiger partial charge is 0.508 e. The Labute approximate surface area is 211 Å². The van der Waals surface area contributed by atoms with Crippen LogP contribution in [0.4, 0.5) is 0 Å². The first-order valence-electron chi connectivity index (χ1n) is 12.4. The Kier molecular flexibility index (Phi) is 8.69. The summed E-state index contributed by atoms with van der Waals surface area (Å²) in [5, 5.41) is 23.0. The molecule has 4 rings (SSSR count). The summed E-state index contributed by atoms with van der Waals surface area (Å²) in [6.45, 7) is 4.54. The zero-order valence-corrected chi connectivity index (χ0v) is 21.7. The van der Waals surface area contributed by atoms with Crippen molar-refractivity contribution in [2.45, 2.75) is 17.7 Å². The molecule has 0 aliphatic carbocycles. The zero-order valence-electron chi connectivity index (χ0n) is 20.9. The zero-order chi connectivity index (χ0) is 24.7. The monoisotopic (exact) mass is 490 g/mol. The highest BCUT2D eigenvalue weighted by Gasteiger charge is 2.21. The van der Waals surface area contributed by atoms with E-state index in [1.54, 1.807) is 12.1 Å². The number of hydrogen-bond donors (Lipinski definition) is 3. The van der Waals surface area contributed by atoms with Gasteiger partial charge in [-0.3, -0.25) is 4.90 Å². The summed E-state index contributed by atoms with van der Waals surface area (Å²) in [6, 6.07) is 27.0. The molecule has 3 aromatic carbocycles. The summed E-state index contributed by atoms with van der Waals surface area (Å²) in [7, 11) is -0.943. The number of nitrogens with one attached hydrogen (secondary N) is 1. The minimum Gasteiger partial charge on any atom is -0.508 e. The summed E-state index contributed by atoms with van der Waals surface area (Å²) in [6.07, 6.45) is 6.30. The van der Waals surface area contributed by atoms with E-state index in [9.17, 15) is 10.2 Å². The Morgan fingerprint density at radius 1 is 0.829 bits per heavy atom. The van der Waals surface area contributed by atoms with E-state index < -0.39 is 10.0 Å². The van der Waals surface area contributed by atoms with Gasteiger partial charge in [-0.1, -0.05) is 54.6 Å². The van der Waals surface area contributed by atoms with E-state index in [-0.39, 0.29) is 12.4 Å². The maximum absolute atomic E-state index is 9.91. The second-order valence-corrected chi connectivity index (χ2v) is 13.5. The molecule has 5 heteroatoms. The highest BCUT2D eigenvalue weighted by atomic mass is 32.3. The number of aromatic hydroxyl groups is 1. The first-order valence-corrected chi connectivity index (χ1v) is 15.0. The predicted octanol–water partition coefficient (Wildman–Crippen LogP) is 5.41. The molecule has 1 fully saturated rings. The molecule has 0 spiro atoms. The summed E-state index contributed by atoms with van der Waals surface area (Å²) < 4.78 is 0. The average Bonchev–Trinajstić information content (AvgIpc) is 2.88. The molecule has 1 heterocycles. The number of aliphatic hydroxyl groups is 1. The van der Waals surface area contributed by atoms with Crippen molar-refractivity contribution < 1.29 is 10.2 Å². The van der Waals surface area contributed by atoms with E-state index in [0.717, 1.165) is 60.7 Å². The van der Waals surface area contributed by atoms with E-state index >= 15 is 0 Å². The number of hydrogen-bond acceptors (Lipinski definition) is 4. The van der Waals surface area contributed by atoms with Crippen molar-refractivity contribution in [2.75, 3.05) is 51.2 Å². The first-order chi connectivity index (χ1) is 17.0. The van der Waals surface area contributed by atoms with Gasteiger partial charge >= 0.3 is 0 Å². The normalized spacial score (nSPS) is 16.1. The standard InChI is InChI=1S/C30H38N2O2S/c1-35(2,23-32-20-18-31-19-21-32)28-16-12-26(13-17-28)30(25-10-14-27(34)15-11-25)29(9-6-22-33)24-7-4-3-5-8-24/h3-5,7-8,10-17,31,33-34H,6,9,18-23H2,1-2H3/b30-29-. The fourth-order valence-electron chi connectivity index (χ4n) is 4.81. The molecule has 0 amide bonds. The van der Waals surface area contributed by atoms with Crippen LogP contribution < -0.4 is 5.32 Å². The quantitative estimate of drug-likeness (QED) is 0.351. The second-order valence-electron chi connectivity index (χ2n) is 9.65. The van der Waals surface area contributed by atoms with Crippen LogP contribution in [-0.4, -0.2) is 66.3 Å². The molecule has 3 N–H and O–H groups in total. The SMILES string of the molecule is CS(C)(CN1CCNCC1)c1ccc(/C(=C(/CCCO)c2ccccc2)c2ccc(O)cc2)cc1. The van der Waals surface area contributed by atoms with E-state index in [1.165, 1.54) is 10.5 Å². The van der Waals surface area contributed by atoms with Gasteiger partial charge in [0.15, 0.2) is 0 Å². The van der Waals surface area contributed by atoms with Crippen molar-refractivity contribution in [3.8, 4) is 5.75 Å². The fourth-order valence-corrected chi connectivity index (χ4v) is 7.01. The van der Waals surface area contributed by atoms with Crippen molar-refractivity contribution in [1.29, 1.82) is 0 Å². The lowest BCUT2D eigenvalue weighted by Gasteiger charge is -2.39. The summed E-state index contributed by atoms with van der Waals surface area (Å²) in [4.78, 5) is 4.01. The minimum absolute atomic E-state index is 0.154. The Balaban J connectivity index is 1.74. The van der Waals surface area contributed by atoms with Gasteiger partial charge in [0.05, 0.1) is 0 Å². The van der Waals surface area contributed by atoms with E-state index in [0.29, 0.717) is 6.42 Å². The molecule has 0 unspecified atom stereocenters. The van der Waals surface area contributed by atoms with Crippen molar-refractivity contribution >= 4 is 21.2 Å². The highest BCUT2D eigenvalue weighted by molar-refractivity contribution is 8.32. The van der Waals surface area contributed by atoms with Gasteiger partial charge in [-0.15, -0.1) is 0 Å². The lowest BCUT2D eigenvalue weighted by Crippen LogP contribution is -2.44. The number of nitrogens with zero attached hydrogens (tertiary/aromatic N) is 1. The molecular formula is C30H38N2O2S. The third-order valence-electron chi connectivity index (χ3n) is 6.66. The lowest BCUT2D eigenvalue weighted by atomic mass is 9.87. The van der Waals surface area contributed by atoms with Crippen LogP contribution >= 0.6 is 10.0 Å². The van der Waals surface area contributed by atoms with Gasteiger partial charge in [0, 0.05) is 38.7 Å². The van der Waals surface area contributed by atoms with Crippen LogP contribution in [0, 0.1) is 0 Å². The van der Waals surface area contributed by atoms with Crippen LogP contribution in [0.5, 0.6) is 5.75 Å². The van der Waals surface area contributed by atoms with Gasteiger partial charge < -0.3 is 15.5 Å². The average molecular weight is 491 g/mol. The predicted molar refractivity (Wildman–Crippen MR) is 150 cm³/mol. The molecule has 1 aliphatic rings. The van der Waals surface area contributed by atoms with Gasteiger partial charge in [-0.25, -0.2) is 10.0 Å². The van der Waals surface area contributed by atoms with Crippen LogP contribution in [0.25, 0.3) is 11.1 Å². The van der Waals surface area contributed by atoms with Gasteiger partial charge in [0.25, 0.3) is 0 Å². The van der Waals surface area contributed by atoms with Gasteiger partial charge in [-0.05, 0) is 82.4 Å². The highest BCUT2D eigenvalue weighted by Crippen LogP contribution is 2.50. The van der Waals surface area contributed by atoms with Crippen LogP contribution in [0.15, 0.2) is 83.8 Å². The Morgan fingerprint density at radius 3 is 2.03 bits per heavy atom. The molecule has 0 radical (unpaired) electrons. The molecule has 35 heavy (non-hydrogen) atoms. The summed E-state index contributed by atoms with van der Waals surface area (Å²) in [5.74, 6) is 1.39. The Bertz CT molecular complexity index is 1100. The number of aliphatic hydroxyl groups excluding tert-OH is 1. The third kappa shape index (κ3) is 6.56. The molecule has 0 atom stereocenters. The second kappa shape index (κ2) is 11.9. The molecule has 1 saturated heterocycles. The van der Waals surface area contributed by atoms with Gasteiger partial charge in [0.1, 0.15) is 5.75 Å². The van der Waals surface area contributed by atoms with E-state index in [1.807, 2.05) is 18.2 Å². The first kappa shape index (κ1) is 25.5. The van der Waals surface area contributed by atoms with Crippen molar-refractivity contribution in [2.24, 2.45) is 0 Å². The molecule has 186 valence electrons. The topological polar surface area (TPSA) is 55.7 Å². The van der Waals surface area contributed by atoms with E-state index in [2.05, 4.69) is 71.3 Å². The Hall–Kier alpha value is -2.57. The van der Waals surface area contributed by atoms with Crippen LogP contribution in [-0.2, 0) is 0 Å². The summed E-state index contributed by atoms with van der Waals surface area (Å²) >= 11 is 0. The minimum atomic E-state index is -0.943. The fraction of sp³-hybridized carbons (Fsp3) is 0.333. The smallest absolute Gasteiger partial charge is 0.115 e. The number of allylic oxidation sites excluding steroid dienone is 1. The van der Waals surface area contributed by atoms with Crippen molar-refractivity contribution in [3.05, 3.63) is 95.6 Å². The Morgan fingerprint density at radius 2 is 1.43 bits per heavy atom. The number of benzene rings is 3. The molecule has 1 aliphatic heterocycles. The van der Waals surface area contributed by atoms with Crippen LogP contribution in [0.3, 0.4) is 0 Å². The van der Waals surface area contributed by atoms with Crippen molar-refractivity contribution in [1.82, 2.24) is 10.2 Å². The molecule has 3 aromatic rings. The van der Waals surface area contributed by atoms with Gasteiger partial charge in [-0.2, -0.15) is 0 Å². The molecule has 0 saturated carbocycles. The molecular weight excluding hydrogens is 452 g/mol. The number of phenolic OH excluding ortho intramolecular Hbond substituents is 1. The van der Waals surface area contributed by atoms with Crippen molar-refractivity contribution in [3.63, 3.8) is 0 Å². The number of rotatable bonds is 9. The summed E-state index contributed by atoms with van der Waals surface area (Å²) in [5.41, 5.74) is 5.77. The number of phenols is 1. The maximum atomic E-state index is 9.91. The third-order valence-corrected chi connectivity index (χ3v) is 9.22. The lowest BCUT2D eigenvalue weighted by molar-refractivity contribution is 0.278. The van der Waals surface area contributed by atoms with E-state index in [4.69, 9.17) is 0 Å².